The van der Waals surface area contributed by atoms with Gasteiger partial charge in [-0.15, -0.1) is 5.10 Å². The predicted molar refractivity (Wildman–Crippen MR) is 166 cm³/mol. The molecule has 0 radical (unpaired) electrons. The van der Waals surface area contributed by atoms with E-state index in [1.54, 1.807) is 12.3 Å². The fourth-order valence-corrected chi connectivity index (χ4v) is 5.72. The minimum absolute atomic E-state index is 0.0621. The molecule has 0 spiro atoms. The molecule has 1 atom stereocenters. The first-order valence-corrected chi connectivity index (χ1v) is 14.7. The highest BCUT2D eigenvalue weighted by Crippen LogP contribution is 2.55. The Bertz CT molecular complexity index is 1960. The second-order valence-corrected chi connectivity index (χ2v) is 12.8. The van der Waals surface area contributed by atoms with Gasteiger partial charge in [0.25, 0.3) is 0 Å². The monoisotopic (exact) mass is 634 g/mol. The summed E-state index contributed by atoms with van der Waals surface area (Å²) in [7, 11) is 1.52. The molecule has 3 heterocycles. The Morgan fingerprint density at radius 2 is 1.89 bits per heavy atom. The van der Waals surface area contributed by atoms with Crippen LogP contribution in [0.2, 0.25) is 5.02 Å². The molecular formula is C32H30ClF3N8O. The van der Waals surface area contributed by atoms with E-state index in [-0.39, 0.29) is 24.0 Å². The third-order valence-electron chi connectivity index (χ3n) is 7.96. The summed E-state index contributed by atoms with van der Waals surface area (Å²) in [6.07, 6.45) is -0.145. The van der Waals surface area contributed by atoms with Crippen molar-refractivity contribution in [3.8, 4) is 11.9 Å². The number of hydrogen-bond acceptors (Lipinski definition) is 8. The minimum atomic E-state index is -4.47. The van der Waals surface area contributed by atoms with Crippen LogP contribution < -0.4 is 15.4 Å². The van der Waals surface area contributed by atoms with Gasteiger partial charge in [0.1, 0.15) is 11.8 Å². The normalized spacial score (nSPS) is 15.1. The number of nitriles is 1. The van der Waals surface area contributed by atoms with Crippen LogP contribution in [0.15, 0.2) is 55.0 Å². The first kappa shape index (κ1) is 30.4. The van der Waals surface area contributed by atoms with E-state index in [4.69, 9.17) is 16.3 Å². The van der Waals surface area contributed by atoms with Gasteiger partial charge in [-0.3, -0.25) is 4.98 Å². The van der Waals surface area contributed by atoms with Gasteiger partial charge >= 0.3 is 6.18 Å². The lowest BCUT2D eigenvalue weighted by molar-refractivity contribution is -0.182. The molecular weight excluding hydrogens is 605 g/mol. The van der Waals surface area contributed by atoms with Crippen LogP contribution in [0.5, 0.6) is 5.88 Å². The average molecular weight is 635 g/mol. The number of nitrogens with one attached hydrogen (secondary N) is 2. The largest absolute Gasteiger partial charge is 0.481 e. The molecule has 1 aliphatic rings. The van der Waals surface area contributed by atoms with Crippen molar-refractivity contribution in [2.75, 3.05) is 24.3 Å². The maximum absolute atomic E-state index is 14.0. The Labute approximate surface area is 262 Å². The number of fused-ring (bicyclic) bond motifs is 2. The van der Waals surface area contributed by atoms with Gasteiger partial charge in [-0.2, -0.15) is 18.4 Å². The zero-order chi connectivity index (χ0) is 32.1. The Kier molecular flexibility index (Phi) is 7.48. The fourth-order valence-electron chi connectivity index (χ4n) is 5.45. The number of hydrogen-bond donors (Lipinski definition) is 2. The number of alkyl halides is 3. The number of ether oxygens (including phenoxy) is 1. The SMILES string of the molecule is COc1nccc2c(C(Nc3cc(Cl)c4ncc(C#N)c(NCC(C)(C)C)c4c3)c3cn(C4(C(F)(F)F)CC4)nn3)cccc12. The first-order chi connectivity index (χ1) is 21.3. The molecule has 1 saturated carbocycles. The number of nitrogens with zero attached hydrogens (tertiary/aromatic N) is 6. The summed E-state index contributed by atoms with van der Waals surface area (Å²) in [4.78, 5) is 8.74. The predicted octanol–water partition coefficient (Wildman–Crippen LogP) is 7.62. The number of methoxy groups -OCH3 is 1. The van der Waals surface area contributed by atoms with E-state index in [1.165, 1.54) is 19.5 Å². The molecule has 0 saturated heterocycles. The number of anilines is 2. The summed E-state index contributed by atoms with van der Waals surface area (Å²) in [6.45, 7) is 6.81. The standard InChI is InChI=1S/C32H30ClF3N8O/c1-30(2,3)17-40-26-18(14-37)15-39-27-23(26)12-19(13-24(27)33)41-28(21-6-5-7-22-20(21)8-11-38-29(22)45-4)25-16-44(43-42-25)31(9-10-31)32(34,35)36/h5-8,11-13,15-16,28,41H,9-10,17H2,1-4H3,(H,39,40). The lowest BCUT2D eigenvalue weighted by atomic mass is 9.96. The molecule has 3 aromatic heterocycles. The van der Waals surface area contributed by atoms with Gasteiger partial charge in [-0.05, 0) is 53.5 Å². The minimum Gasteiger partial charge on any atom is -0.481 e. The van der Waals surface area contributed by atoms with E-state index in [0.717, 1.165) is 15.5 Å². The van der Waals surface area contributed by atoms with Gasteiger partial charge in [0, 0.05) is 35.4 Å². The summed E-state index contributed by atoms with van der Waals surface area (Å²) in [5.41, 5.74) is 0.831. The molecule has 1 fully saturated rings. The van der Waals surface area contributed by atoms with Gasteiger partial charge in [0.15, 0.2) is 5.54 Å². The Balaban J connectivity index is 1.51. The maximum atomic E-state index is 14.0. The molecule has 1 unspecified atom stereocenters. The zero-order valence-electron chi connectivity index (χ0n) is 25.0. The number of benzene rings is 2. The Hall–Kier alpha value is -4.63. The van der Waals surface area contributed by atoms with E-state index in [1.807, 2.05) is 30.3 Å². The summed E-state index contributed by atoms with van der Waals surface area (Å²) in [5, 5.41) is 27.4. The van der Waals surface area contributed by atoms with E-state index >= 15 is 0 Å². The van der Waals surface area contributed by atoms with Gasteiger partial charge < -0.3 is 15.4 Å². The Morgan fingerprint density at radius 3 is 2.56 bits per heavy atom. The quantitative estimate of drug-likeness (QED) is 0.179. The third kappa shape index (κ3) is 5.57. The highest BCUT2D eigenvalue weighted by atomic mass is 35.5. The molecule has 9 nitrogen and oxygen atoms in total. The number of aromatic nitrogens is 5. The van der Waals surface area contributed by atoms with Crippen LogP contribution in [-0.4, -0.2) is 44.8 Å². The second-order valence-electron chi connectivity index (χ2n) is 12.4. The Morgan fingerprint density at radius 1 is 1.11 bits per heavy atom. The molecule has 5 aromatic rings. The molecule has 232 valence electrons. The van der Waals surface area contributed by atoms with Crippen LogP contribution >= 0.6 is 11.6 Å². The molecule has 6 rings (SSSR count). The van der Waals surface area contributed by atoms with Gasteiger partial charge in [0.2, 0.25) is 5.88 Å². The van der Waals surface area contributed by atoms with E-state index in [0.29, 0.717) is 50.9 Å². The van der Waals surface area contributed by atoms with Crippen molar-refractivity contribution >= 4 is 44.7 Å². The van der Waals surface area contributed by atoms with Crippen molar-refractivity contribution in [2.24, 2.45) is 5.41 Å². The van der Waals surface area contributed by atoms with Crippen LogP contribution in [0.3, 0.4) is 0 Å². The van der Waals surface area contributed by atoms with Gasteiger partial charge in [-0.1, -0.05) is 49.7 Å². The van der Waals surface area contributed by atoms with Crippen LogP contribution in [0.1, 0.15) is 56.5 Å². The van der Waals surface area contributed by atoms with Crippen LogP contribution in [0.4, 0.5) is 24.5 Å². The van der Waals surface area contributed by atoms with E-state index < -0.39 is 17.8 Å². The maximum Gasteiger partial charge on any atom is 0.413 e. The van der Waals surface area contributed by atoms with Crippen molar-refractivity contribution in [3.63, 3.8) is 0 Å². The van der Waals surface area contributed by atoms with E-state index in [2.05, 4.69) is 57.8 Å². The smallest absolute Gasteiger partial charge is 0.413 e. The number of pyridine rings is 2. The molecule has 0 aliphatic heterocycles. The summed E-state index contributed by atoms with van der Waals surface area (Å²) in [5.74, 6) is 0.407. The van der Waals surface area contributed by atoms with E-state index in [9.17, 15) is 18.4 Å². The molecule has 45 heavy (non-hydrogen) atoms. The molecule has 13 heteroatoms. The summed E-state index contributed by atoms with van der Waals surface area (Å²) < 4.78 is 48.4. The second kappa shape index (κ2) is 11.1. The zero-order valence-corrected chi connectivity index (χ0v) is 25.8. The highest BCUT2D eigenvalue weighted by molar-refractivity contribution is 6.35. The highest BCUT2D eigenvalue weighted by Gasteiger charge is 2.66. The molecule has 0 bridgehead atoms. The molecule has 0 amide bonds. The average Bonchev–Trinajstić information content (AvgIpc) is 3.69. The summed E-state index contributed by atoms with van der Waals surface area (Å²) in [6, 6.07) is 12.3. The van der Waals surface area contributed by atoms with Crippen LogP contribution in [0, 0.1) is 16.7 Å². The van der Waals surface area contributed by atoms with Crippen molar-refractivity contribution in [1.29, 1.82) is 5.26 Å². The third-order valence-corrected chi connectivity index (χ3v) is 8.24. The lowest BCUT2D eigenvalue weighted by Crippen LogP contribution is -2.35. The lowest BCUT2D eigenvalue weighted by Gasteiger charge is -2.23. The molecule has 2 aromatic carbocycles. The van der Waals surface area contributed by atoms with Crippen molar-refractivity contribution in [3.05, 3.63) is 76.8 Å². The first-order valence-electron chi connectivity index (χ1n) is 14.3. The van der Waals surface area contributed by atoms with Gasteiger partial charge in [-0.25, -0.2) is 9.67 Å². The van der Waals surface area contributed by atoms with Crippen molar-refractivity contribution in [2.45, 2.75) is 51.4 Å². The van der Waals surface area contributed by atoms with Crippen molar-refractivity contribution < 1.29 is 17.9 Å². The van der Waals surface area contributed by atoms with Crippen molar-refractivity contribution in [1.82, 2.24) is 25.0 Å². The van der Waals surface area contributed by atoms with Gasteiger partial charge in [0.05, 0.1) is 41.1 Å². The fraction of sp³-hybridized carbons (Fsp3) is 0.344. The topological polar surface area (TPSA) is 114 Å². The molecule has 2 N–H and O–H groups in total. The number of rotatable bonds is 8. The summed E-state index contributed by atoms with van der Waals surface area (Å²) >= 11 is 6.76. The number of halogens is 4. The van der Waals surface area contributed by atoms with Crippen LogP contribution in [0.25, 0.3) is 21.7 Å². The van der Waals surface area contributed by atoms with Crippen LogP contribution in [-0.2, 0) is 5.54 Å². The molecule has 1 aliphatic carbocycles.